The Morgan fingerprint density at radius 1 is 1.11 bits per heavy atom. The lowest BCUT2D eigenvalue weighted by Crippen LogP contribution is -2.31. The van der Waals surface area contributed by atoms with Gasteiger partial charge in [0.1, 0.15) is 0 Å². The van der Waals surface area contributed by atoms with Gasteiger partial charge in [-0.3, -0.25) is 14.6 Å². The van der Waals surface area contributed by atoms with Gasteiger partial charge in [-0.05, 0) is 29.9 Å². The minimum Gasteiger partial charge on any atom is -0.297 e. The Morgan fingerprint density at radius 3 is 2.30 bits per heavy atom. The summed E-state index contributed by atoms with van der Waals surface area (Å²) in [4.78, 5) is 21.5. The lowest BCUT2D eigenvalue weighted by atomic mass is 10.1. The second kappa shape index (κ2) is 10.00. The zero-order valence-electron chi connectivity index (χ0n) is 17.5. The minimum atomic E-state index is -0.00184. The van der Waals surface area contributed by atoms with E-state index in [0.717, 1.165) is 48.1 Å². The van der Waals surface area contributed by atoms with Crippen LogP contribution in [0, 0.1) is 11.8 Å². The molecule has 5 heteroatoms. The summed E-state index contributed by atoms with van der Waals surface area (Å²) in [5.41, 5.74) is 3.14. The van der Waals surface area contributed by atoms with Crippen molar-refractivity contribution in [2.45, 2.75) is 54.5 Å². The highest BCUT2D eigenvalue weighted by molar-refractivity contribution is 7.14. The number of amides is 1. The Morgan fingerprint density at radius 2 is 1.74 bits per heavy atom. The molecule has 0 atom stereocenters. The van der Waals surface area contributed by atoms with Gasteiger partial charge in [0, 0.05) is 31.9 Å². The molecule has 4 nitrogen and oxygen atoms in total. The molecule has 1 amide bonds. The first-order chi connectivity index (χ1) is 12.8. The molecule has 0 fully saturated rings. The van der Waals surface area contributed by atoms with Crippen LogP contribution in [0.2, 0.25) is 0 Å². The molecule has 0 aliphatic heterocycles. The van der Waals surface area contributed by atoms with Gasteiger partial charge in [-0.1, -0.05) is 52.8 Å². The average Bonchev–Trinajstić information content (AvgIpc) is 3.01. The summed E-state index contributed by atoms with van der Waals surface area (Å²) < 4.78 is 0. The molecule has 0 saturated heterocycles. The largest absolute Gasteiger partial charge is 0.297 e. The number of anilines is 2. The van der Waals surface area contributed by atoms with Crippen LogP contribution in [0.5, 0.6) is 0 Å². The highest BCUT2D eigenvalue weighted by atomic mass is 32.1. The number of carbonyl (C=O) groups is 1. The number of aromatic nitrogens is 1. The van der Waals surface area contributed by atoms with Crippen molar-refractivity contribution in [3.63, 3.8) is 0 Å². The van der Waals surface area contributed by atoms with Crippen molar-refractivity contribution >= 4 is 28.1 Å². The third-order valence-corrected chi connectivity index (χ3v) is 5.17. The molecule has 1 aromatic heterocycles. The third kappa shape index (κ3) is 6.15. The molecule has 0 N–H and O–H groups in total. The van der Waals surface area contributed by atoms with Crippen LogP contribution in [0.25, 0.3) is 0 Å². The number of hydrogen-bond acceptors (Lipinski definition) is 4. The van der Waals surface area contributed by atoms with Gasteiger partial charge in [0.15, 0.2) is 5.13 Å². The first kappa shape index (κ1) is 21.6. The fourth-order valence-electron chi connectivity index (χ4n) is 3.37. The van der Waals surface area contributed by atoms with E-state index in [1.54, 1.807) is 23.2 Å². The van der Waals surface area contributed by atoms with E-state index in [1.807, 2.05) is 18.2 Å². The molecular formula is C22H33N3OS. The molecule has 2 rings (SSSR count). The van der Waals surface area contributed by atoms with Crippen molar-refractivity contribution in [2.75, 3.05) is 18.0 Å². The lowest BCUT2D eigenvalue weighted by Gasteiger charge is -2.25. The van der Waals surface area contributed by atoms with Crippen molar-refractivity contribution in [3.05, 3.63) is 40.9 Å². The number of nitrogens with zero attached hydrogens (tertiary/aromatic N) is 3. The summed E-state index contributed by atoms with van der Waals surface area (Å²) in [6.07, 6.45) is 0.884. The second-order valence-electron chi connectivity index (χ2n) is 7.94. The molecule has 27 heavy (non-hydrogen) atoms. The van der Waals surface area contributed by atoms with E-state index < -0.39 is 0 Å². The number of benzene rings is 1. The minimum absolute atomic E-state index is 0.00184. The fraction of sp³-hybridized carbons (Fsp3) is 0.545. The van der Waals surface area contributed by atoms with Crippen LogP contribution in [0.3, 0.4) is 0 Å². The highest BCUT2D eigenvalue weighted by Crippen LogP contribution is 2.32. The average molecular weight is 388 g/mol. The molecule has 0 saturated carbocycles. The molecule has 0 aliphatic carbocycles. The molecule has 2 aromatic rings. The Hall–Kier alpha value is -1.72. The molecular weight excluding hydrogens is 354 g/mol. The van der Waals surface area contributed by atoms with Gasteiger partial charge in [0.25, 0.3) is 0 Å². The first-order valence-corrected chi connectivity index (χ1v) is 10.7. The van der Waals surface area contributed by atoms with Gasteiger partial charge >= 0.3 is 0 Å². The van der Waals surface area contributed by atoms with Crippen LogP contribution in [0.1, 0.15) is 52.8 Å². The number of rotatable bonds is 9. The predicted octanol–water partition coefficient (Wildman–Crippen LogP) is 5.50. The molecule has 1 aromatic carbocycles. The number of aryl methyl sites for hydroxylation is 1. The summed E-state index contributed by atoms with van der Waals surface area (Å²) in [5, 5.41) is 2.85. The molecule has 0 bridgehead atoms. The van der Waals surface area contributed by atoms with Gasteiger partial charge in [-0.2, -0.15) is 0 Å². The molecule has 0 aliphatic rings. The van der Waals surface area contributed by atoms with Gasteiger partial charge in [-0.15, -0.1) is 11.3 Å². The molecule has 0 spiro atoms. The van der Waals surface area contributed by atoms with E-state index in [4.69, 9.17) is 4.98 Å². The van der Waals surface area contributed by atoms with Crippen molar-refractivity contribution in [2.24, 2.45) is 11.8 Å². The second-order valence-corrected chi connectivity index (χ2v) is 8.78. The lowest BCUT2D eigenvalue weighted by molar-refractivity contribution is -0.115. The van der Waals surface area contributed by atoms with E-state index in [2.05, 4.69) is 51.0 Å². The Balaban J connectivity index is 2.26. The standard InChI is InChI=1S/C22H33N3OS/c1-7-19-10-8-9-11-21(19)25(18(6)26)22-23-20(15-27-22)14-24(12-16(2)3)13-17(4)5/h8-11,15-17H,7,12-14H2,1-6H3. The Kier molecular flexibility index (Phi) is 7.99. The quantitative estimate of drug-likeness (QED) is 0.570. The van der Waals surface area contributed by atoms with Crippen molar-refractivity contribution < 1.29 is 4.79 Å². The Labute approximate surface area is 168 Å². The summed E-state index contributed by atoms with van der Waals surface area (Å²) in [6, 6.07) is 8.08. The first-order valence-electron chi connectivity index (χ1n) is 9.87. The van der Waals surface area contributed by atoms with Crippen LogP contribution in [0.4, 0.5) is 10.8 Å². The van der Waals surface area contributed by atoms with Crippen LogP contribution >= 0.6 is 11.3 Å². The Bertz CT molecular complexity index is 729. The number of para-hydroxylation sites is 1. The van der Waals surface area contributed by atoms with Gasteiger partial charge in [0.05, 0.1) is 11.4 Å². The topological polar surface area (TPSA) is 36.4 Å². The zero-order chi connectivity index (χ0) is 20.0. The molecule has 0 unspecified atom stereocenters. The van der Waals surface area contributed by atoms with Crippen LogP contribution in [0.15, 0.2) is 29.6 Å². The summed E-state index contributed by atoms with van der Waals surface area (Å²) in [5.74, 6) is 1.23. The van der Waals surface area contributed by atoms with Crippen molar-refractivity contribution in [3.8, 4) is 0 Å². The van der Waals surface area contributed by atoms with E-state index in [1.165, 1.54) is 0 Å². The number of hydrogen-bond donors (Lipinski definition) is 0. The number of carbonyl (C=O) groups excluding carboxylic acids is 1. The SMILES string of the molecule is CCc1ccccc1N(C(C)=O)c1nc(CN(CC(C)C)CC(C)C)cs1. The zero-order valence-corrected chi connectivity index (χ0v) is 18.3. The molecule has 148 valence electrons. The van der Waals surface area contributed by atoms with Gasteiger partial charge < -0.3 is 0 Å². The van der Waals surface area contributed by atoms with E-state index in [9.17, 15) is 4.79 Å². The van der Waals surface area contributed by atoms with E-state index in [-0.39, 0.29) is 5.91 Å². The summed E-state index contributed by atoms with van der Waals surface area (Å²) in [6.45, 7) is 15.7. The van der Waals surface area contributed by atoms with Gasteiger partial charge in [-0.25, -0.2) is 4.98 Å². The van der Waals surface area contributed by atoms with Gasteiger partial charge in [0.2, 0.25) is 5.91 Å². The van der Waals surface area contributed by atoms with Crippen molar-refractivity contribution in [1.29, 1.82) is 0 Å². The predicted molar refractivity (Wildman–Crippen MR) is 116 cm³/mol. The van der Waals surface area contributed by atoms with E-state index in [0.29, 0.717) is 11.8 Å². The maximum absolute atomic E-state index is 12.4. The van der Waals surface area contributed by atoms with Crippen LogP contribution < -0.4 is 4.90 Å². The third-order valence-electron chi connectivity index (χ3n) is 4.29. The van der Waals surface area contributed by atoms with Crippen LogP contribution in [-0.4, -0.2) is 28.9 Å². The normalized spacial score (nSPS) is 11.6. The maximum Gasteiger partial charge on any atom is 0.230 e. The number of thiazole rings is 1. The smallest absolute Gasteiger partial charge is 0.230 e. The molecule has 1 heterocycles. The maximum atomic E-state index is 12.4. The summed E-state index contributed by atoms with van der Waals surface area (Å²) in [7, 11) is 0. The fourth-order valence-corrected chi connectivity index (χ4v) is 4.24. The highest BCUT2D eigenvalue weighted by Gasteiger charge is 2.21. The summed E-state index contributed by atoms with van der Waals surface area (Å²) >= 11 is 1.55. The van der Waals surface area contributed by atoms with Crippen LogP contribution in [-0.2, 0) is 17.8 Å². The monoisotopic (exact) mass is 387 g/mol. The van der Waals surface area contributed by atoms with Crippen molar-refractivity contribution in [1.82, 2.24) is 9.88 Å². The van der Waals surface area contributed by atoms with E-state index >= 15 is 0 Å². The molecule has 0 radical (unpaired) electrons.